The van der Waals surface area contributed by atoms with Crippen LogP contribution in [0.4, 0.5) is 11.4 Å². The second-order valence-corrected chi connectivity index (χ2v) is 11.3. The number of hydrogen-bond donors (Lipinski definition) is 1. The van der Waals surface area contributed by atoms with Crippen LogP contribution in [0, 0.1) is 5.92 Å². The van der Waals surface area contributed by atoms with Crippen LogP contribution in [0.3, 0.4) is 0 Å². The minimum Gasteiger partial charge on any atom is -0.497 e. The van der Waals surface area contributed by atoms with Crippen LogP contribution in [-0.2, 0) is 10.2 Å². The molecule has 0 unspecified atom stereocenters. The van der Waals surface area contributed by atoms with E-state index in [1.807, 2.05) is 59.5 Å². The number of rotatable bonds is 6. The number of carbonyl (C=O) groups is 3. The number of nitrogens with zero attached hydrogens (tertiary/aromatic N) is 1. The number of ketones is 2. The largest absolute Gasteiger partial charge is 0.497 e. The normalized spacial score (nSPS) is 22.9. The number of para-hydroxylation sites is 1. The molecule has 0 aliphatic carbocycles. The number of nitrogens with one attached hydrogen (secondary N) is 1. The monoisotopic (exact) mass is 590 g/mol. The lowest BCUT2D eigenvalue weighted by Gasteiger charge is -2.37. The molecule has 1 amide bonds. The van der Waals surface area contributed by atoms with Crippen LogP contribution in [0.2, 0.25) is 5.02 Å². The van der Waals surface area contributed by atoms with E-state index in [0.29, 0.717) is 33.3 Å². The van der Waals surface area contributed by atoms with E-state index in [-0.39, 0.29) is 17.3 Å². The standard InChI is InChI=1S/C35H27ClN2O5/c1-42-23-14-16-28(43-2)24(19-23)33(40)30-31(32(39)20-8-4-3-5-9-20)38-27-15-13-22(36)18-21(27)12-17-29(38)35(30)25-10-6-7-11-26(25)37-34(35)41/h3-19,29-31H,1-2H3,(H,37,41)/t29-,30+,31-,35-/m1/s1. The summed E-state index contributed by atoms with van der Waals surface area (Å²) in [5.74, 6) is -1.36. The van der Waals surface area contributed by atoms with E-state index in [0.717, 1.165) is 11.3 Å². The third-order valence-corrected chi connectivity index (χ3v) is 9.11. The molecule has 0 saturated carbocycles. The highest BCUT2D eigenvalue weighted by Crippen LogP contribution is 2.58. The Morgan fingerprint density at radius 2 is 1.65 bits per heavy atom. The molecule has 214 valence electrons. The van der Waals surface area contributed by atoms with E-state index >= 15 is 4.79 Å². The fraction of sp³-hybridized carbons (Fsp3) is 0.171. The van der Waals surface area contributed by atoms with Gasteiger partial charge in [0.25, 0.3) is 0 Å². The van der Waals surface area contributed by atoms with Gasteiger partial charge in [0.2, 0.25) is 5.91 Å². The Bertz CT molecular complexity index is 1840. The molecule has 1 fully saturated rings. The molecule has 1 spiro atoms. The van der Waals surface area contributed by atoms with Gasteiger partial charge in [-0.3, -0.25) is 14.4 Å². The zero-order valence-electron chi connectivity index (χ0n) is 23.4. The SMILES string of the molecule is COc1ccc(OC)c(C(=O)[C@@H]2[C@H](C(=O)c3ccccc3)N3c4ccc(Cl)cc4C=C[C@@H]3[C@@]23C(=O)Nc2ccccc23)c1. The zero-order chi connectivity index (χ0) is 29.9. The van der Waals surface area contributed by atoms with Gasteiger partial charge in [0, 0.05) is 22.0 Å². The minimum absolute atomic E-state index is 0.231. The van der Waals surface area contributed by atoms with E-state index in [4.69, 9.17) is 21.1 Å². The Labute approximate surface area is 253 Å². The molecule has 0 aromatic heterocycles. The van der Waals surface area contributed by atoms with E-state index < -0.39 is 29.2 Å². The van der Waals surface area contributed by atoms with Crippen LogP contribution < -0.4 is 19.7 Å². The van der Waals surface area contributed by atoms with Gasteiger partial charge in [-0.2, -0.15) is 0 Å². The van der Waals surface area contributed by atoms with Crippen molar-refractivity contribution in [3.8, 4) is 11.5 Å². The molecule has 1 saturated heterocycles. The van der Waals surface area contributed by atoms with Gasteiger partial charge in [-0.1, -0.05) is 72.3 Å². The van der Waals surface area contributed by atoms with Crippen molar-refractivity contribution in [2.75, 3.05) is 24.4 Å². The fourth-order valence-corrected chi connectivity index (χ4v) is 7.28. The van der Waals surface area contributed by atoms with E-state index in [2.05, 4.69) is 5.32 Å². The molecule has 0 bridgehead atoms. The molecule has 7 rings (SSSR count). The third-order valence-electron chi connectivity index (χ3n) is 8.88. The van der Waals surface area contributed by atoms with Crippen molar-refractivity contribution >= 4 is 46.5 Å². The first kappa shape index (κ1) is 27.0. The molecule has 7 nitrogen and oxygen atoms in total. The van der Waals surface area contributed by atoms with E-state index in [1.54, 1.807) is 48.5 Å². The van der Waals surface area contributed by atoms with Crippen molar-refractivity contribution in [2.24, 2.45) is 5.92 Å². The predicted octanol–water partition coefficient (Wildman–Crippen LogP) is 6.21. The van der Waals surface area contributed by atoms with E-state index in [9.17, 15) is 9.59 Å². The quantitative estimate of drug-likeness (QED) is 0.269. The summed E-state index contributed by atoms with van der Waals surface area (Å²) >= 11 is 6.38. The molecule has 4 aromatic rings. The summed E-state index contributed by atoms with van der Waals surface area (Å²) in [7, 11) is 3.00. The number of Topliss-reactive ketones (excluding diaryl/α,β-unsaturated/α-hetero) is 2. The van der Waals surface area contributed by atoms with Crippen molar-refractivity contribution in [3.63, 3.8) is 0 Å². The molecule has 4 atom stereocenters. The number of halogens is 1. The van der Waals surface area contributed by atoms with Crippen molar-refractivity contribution < 1.29 is 23.9 Å². The molecule has 8 heteroatoms. The topological polar surface area (TPSA) is 84.9 Å². The number of anilines is 2. The minimum atomic E-state index is -1.44. The lowest BCUT2D eigenvalue weighted by Crippen LogP contribution is -2.51. The Morgan fingerprint density at radius 3 is 2.42 bits per heavy atom. The maximum atomic E-state index is 15.1. The molecule has 0 radical (unpaired) electrons. The lowest BCUT2D eigenvalue weighted by molar-refractivity contribution is -0.121. The third kappa shape index (κ3) is 3.85. The van der Waals surface area contributed by atoms with Gasteiger partial charge in [-0.05, 0) is 53.6 Å². The first-order valence-corrected chi connectivity index (χ1v) is 14.3. The number of amides is 1. The van der Waals surface area contributed by atoms with Gasteiger partial charge in [0.05, 0.1) is 31.7 Å². The van der Waals surface area contributed by atoms with Crippen LogP contribution in [-0.4, -0.2) is 43.8 Å². The molecular weight excluding hydrogens is 564 g/mol. The summed E-state index contributed by atoms with van der Waals surface area (Å²) in [6, 6.07) is 25.0. The number of carbonyl (C=O) groups excluding carboxylic acids is 3. The van der Waals surface area contributed by atoms with Gasteiger partial charge in [0.1, 0.15) is 23.0 Å². The van der Waals surface area contributed by atoms with Crippen LogP contribution >= 0.6 is 11.6 Å². The van der Waals surface area contributed by atoms with Crippen molar-refractivity contribution in [3.05, 3.63) is 124 Å². The first-order chi connectivity index (χ1) is 20.9. The molecule has 43 heavy (non-hydrogen) atoms. The Hall–Kier alpha value is -4.88. The summed E-state index contributed by atoms with van der Waals surface area (Å²) in [6.45, 7) is 0. The summed E-state index contributed by atoms with van der Waals surface area (Å²) in [4.78, 5) is 46.3. The summed E-state index contributed by atoms with van der Waals surface area (Å²) < 4.78 is 11.1. The zero-order valence-corrected chi connectivity index (χ0v) is 24.2. The van der Waals surface area contributed by atoms with Gasteiger partial charge in [-0.15, -0.1) is 0 Å². The second kappa shape index (κ2) is 10.1. The van der Waals surface area contributed by atoms with Gasteiger partial charge in [-0.25, -0.2) is 0 Å². The van der Waals surface area contributed by atoms with Crippen LogP contribution in [0.1, 0.15) is 31.8 Å². The number of hydrogen-bond acceptors (Lipinski definition) is 6. The summed E-state index contributed by atoms with van der Waals surface area (Å²) in [5, 5.41) is 3.58. The second-order valence-electron chi connectivity index (χ2n) is 10.9. The Morgan fingerprint density at radius 1 is 0.884 bits per heavy atom. The van der Waals surface area contributed by atoms with Crippen LogP contribution in [0.15, 0.2) is 97.1 Å². The number of fused-ring (bicyclic) bond motifs is 6. The van der Waals surface area contributed by atoms with Crippen LogP contribution in [0.5, 0.6) is 11.5 Å². The van der Waals surface area contributed by atoms with Gasteiger partial charge in [0.15, 0.2) is 11.6 Å². The Kier molecular flexibility index (Phi) is 6.36. The average molecular weight is 591 g/mol. The molecule has 3 heterocycles. The fourth-order valence-electron chi connectivity index (χ4n) is 7.10. The van der Waals surface area contributed by atoms with Gasteiger partial charge < -0.3 is 19.7 Å². The molecule has 3 aliphatic rings. The van der Waals surface area contributed by atoms with Crippen molar-refractivity contribution in [1.29, 1.82) is 0 Å². The average Bonchev–Trinajstić information content (AvgIpc) is 3.52. The number of ether oxygens (including phenoxy) is 2. The highest BCUT2D eigenvalue weighted by molar-refractivity contribution is 6.31. The lowest BCUT2D eigenvalue weighted by atomic mass is 9.64. The maximum Gasteiger partial charge on any atom is 0.238 e. The molecule has 1 N–H and O–H groups in total. The predicted molar refractivity (Wildman–Crippen MR) is 165 cm³/mol. The molecule has 4 aromatic carbocycles. The van der Waals surface area contributed by atoms with E-state index in [1.165, 1.54) is 14.2 Å². The van der Waals surface area contributed by atoms with Gasteiger partial charge >= 0.3 is 0 Å². The smallest absolute Gasteiger partial charge is 0.238 e. The summed E-state index contributed by atoms with van der Waals surface area (Å²) in [5.41, 5.74) is 2.03. The number of methoxy groups -OCH3 is 2. The van der Waals surface area contributed by atoms with Crippen LogP contribution in [0.25, 0.3) is 6.08 Å². The number of benzene rings is 4. The molecule has 3 aliphatic heterocycles. The molecular formula is C35H27ClN2O5. The van der Waals surface area contributed by atoms with Crippen molar-refractivity contribution in [1.82, 2.24) is 0 Å². The maximum absolute atomic E-state index is 15.1. The highest BCUT2D eigenvalue weighted by atomic mass is 35.5. The highest BCUT2D eigenvalue weighted by Gasteiger charge is 2.70. The summed E-state index contributed by atoms with van der Waals surface area (Å²) in [6.07, 6.45) is 3.84. The first-order valence-electron chi connectivity index (χ1n) is 13.9. The Balaban J connectivity index is 1.55. The van der Waals surface area contributed by atoms with Crippen molar-refractivity contribution in [2.45, 2.75) is 17.5 Å².